The summed E-state index contributed by atoms with van der Waals surface area (Å²) in [7, 11) is 0. The first-order chi connectivity index (χ1) is 18.1. The lowest BCUT2D eigenvalue weighted by Crippen LogP contribution is -2.43. The minimum Gasteiger partial charge on any atom is -0.336 e. The second kappa shape index (κ2) is 13.5. The summed E-state index contributed by atoms with van der Waals surface area (Å²) in [6.45, 7) is 11.7. The standard InChI is InChI=1S/C29H42N6O2/c1-3-17-33(18-4-2)19-8-9-23-13-20-34(21-14-23)22-16-31-29(37)35-26-12-6-5-10-24(26)28(36)32-25-11-7-15-30-27(25)35/h5-7,10-12,15,23H,3-4,8-9,13-14,16-22H2,1-2H3,(H,31,37)(H,32,36). The van der Waals surface area contributed by atoms with E-state index in [0.717, 1.165) is 25.6 Å². The fraction of sp³-hybridized carbons (Fsp3) is 0.552. The molecule has 8 heteroatoms. The topological polar surface area (TPSA) is 80.8 Å². The predicted molar refractivity (Wildman–Crippen MR) is 150 cm³/mol. The summed E-state index contributed by atoms with van der Waals surface area (Å²) in [5.74, 6) is 0.999. The van der Waals surface area contributed by atoms with E-state index in [1.165, 1.54) is 63.1 Å². The number of nitrogens with zero attached hydrogens (tertiary/aromatic N) is 4. The highest BCUT2D eigenvalue weighted by molar-refractivity contribution is 6.16. The molecule has 37 heavy (non-hydrogen) atoms. The third-order valence-corrected chi connectivity index (χ3v) is 7.42. The number of carbonyl (C=O) groups excluding carboxylic acids is 2. The van der Waals surface area contributed by atoms with Gasteiger partial charge >= 0.3 is 6.03 Å². The van der Waals surface area contributed by atoms with Crippen molar-refractivity contribution in [3.05, 3.63) is 48.2 Å². The lowest BCUT2D eigenvalue weighted by atomic mass is 9.92. The Kier molecular flexibility index (Phi) is 9.91. The van der Waals surface area contributed by atoms with Crippen LogP contribution in [0.4, 0.5) is 22.0 Å². The average molecular weight is 507 g/mol. The Hall–Kier alpha value is -2.97. The number of nitrogens with one attached hydrogen (secondary N) is 2. The largest absolute Gasteiger partial charge is 0.336 e. The normalized spacial score (nSPS) is 16.2. The van der Waals surface area contributed by atoms with Crippen molar-refractivity contribution in [1.29, 1.82) is 0 Å². The van der Waals surface area contributed by atoms with Gasteiger partial charge in [0.2, 0.25) is 0 Å². The molecule has 1 fully saturated rings. The summed E-state index contributed by atoms with van der Waals surface area (Å²) < 4.78 is 0. The number of hydrogen-bond donors (Lipinski definition) is 2. The number of carbonyl (C=O) groups is 2. The molecule has 0 bridgehead atoms. The van der Waals surface area contributed by atoms with Crippen LogP contribution in [0.5, 0.6) is 0 Å². The van der Waals surface area contributed by atoms with Crippen LogP contribution in [0.15, 0.2) is 42.6 Å². The van der Waals surface area contributed by atoms with E-state index in [-0.39, 0.29) is 11.9 Å². The highest BCUT2D eigenvalue weighted by Crippen LogP contribution is 2.36. The van der Waals surface area contributed by atoms with E-state index in [2.05, 4.69) is 39.3 Å². The van der Waals surface area contributed by atoms with Gasteiger partial charge in [0.05, 0.1) is 16.9 Å². The first kappa shape index (κ1) is 27.1. The molecule has 0 radical (unpaired) electrons. The van der Waals surface area contributed by atoms with E-state index in [1.54, 1.807) is 36.5 Å². The summed E-state index contributed by atoms with van der Waals surface area (Å²) in [6, 6.07) is 10.4. The molecule has 8 nitrogen and oxygen atoms in total. The maximum absolute atomic E-state index is 13.4. The molecule has 3 amide bonds. The second-order valence-electron chi connectivity index (χ2n) is 10.2. The van der Waals surface area contributed by atoms with E-state index >= 15 is 0 Å². The molecule has 0 aliphatic carbocycles. The van der Waals surface area contributed by atoms with Gasteiger partial charge in [0.25, 0.3) is 5.91 Å². The molecule has 1 aromatic heterocycles. The van der Waals surface area contributed by atoms with Crippen molar-refractivity contribution in [2.24, 2.45) is 5.92 Å². The summed E-state index contributed by atoms with van der Waals surface area (Å²) >= 11 is 0. The molecule has 200 valence electrons. The third kappa shape index (κ3) is 7.08. The molecule has 1 saturated heterocycles. The van der Waals surface area contributed by atoms with Gasteiger partial charge in [0.1, 0.15) is 0 Å². The van der Waals surface area contributed by atoms with Gasteiger partial charge in [0.15, 0.2) is 5.82 Å². The van der Waals surface area contributed by atoms with Gasteiger partial charge in [0, 0.05) is 19.3 Å². The molecule has 0 saturated carbocycles. The number of piperidine rings is 1. The number of pyridine rings is 1. The fourth-order valence-electron chi connectivity index (χ4n) is 5.51. The number of fused-ring (bicyclic) bond motifs is 2. The van der Waals surface area contributed by atoms with Crippen LogP contribution in [0, 0.1) is 5.92 Å². The molecule has 2 aromatic rings. The summed E-state index contributed by atoms with van der Waals surface area (Å²) in [6.07, 6.45) is 9.19. The van der Waals surface area contributed by atoms with Gasteiger partial charge in [-0.2, -0.15) is 0 Å². The monoisotopic (exact) mass is 506 g/mol. The zero-order valence-corrected chi connectivity index (χ0v) is 22.4. The highest BCUT2D eigenvalue weighted by atomic mass is 16.2. The number of urea groups is 1. The maximum atomic E-state index is 13.4. The van der Waals surface area contributed by atoms with Crippen molar-refractivity contribution >= 4 is 29.1 Å². The fourth-order valence-corrected chi connectivity index (χ4v) is 5.51. The van der Waals surface area contributed by atoms with Crippen LogP contribution in [0.1, 0.15) is 62.7 Å². The molecule has 3 heterocycles. The molecule has 2 aliphatic heterocycles. The molecule has 0 unspecified atom stereocenters. The van der Waals surface area contributed by atoms with Crippen LogP contribution in [-0.2, 0) is 0 Å². The van der Waals surface area contributed by atoms with Crippen molar-refractivity contribution in [2.75, 3.05) is 56.0 Å². The number of aromatic nitrogens is 1. The van der Waals surface area contributed by atoms with Gasteiger partial charge in [-0.25, -0.2) is 14.7 Å². The van der Waals surface area contributed by atoms with Gasteiger partial charge in [-0.15, -0.1) is 0 Å². The zero-order valence-electron chi connectivity index (χ0n) is 22.4. The van der Waals surface area contributed by atoms with Crippen molar-refractivity contribution < 1.29 is 9.59 Å². The van der Waals surface area contributed by atoms with Gasteiger partial charge < -0.3 is 20.4 Å². The van der Waals surface area contributed by atoms with E-state index in [1.807, 2.05) is 6.07 Å². The van der Waals surface area contributed by atoms with Crippen molar-refractivity contribution in [3.8, 4) is 0 Å². The van der Waals surface area contributed by atoms with Crippen molar-refractivity contribution in [1.82, 2.24) is 20.1 Å². The van der Waals surface area contributed by atoms with Crippen LogP contribution in [0.2, 0.25) is 0 Å². The molecule has 2 N–H and O–H groups in total. The molecule has 2 aliphatic rings. The zero-order chi connectivity index (χ0) is 26.0. The first-order valence-electron chi connectivity index (χ1n) is 14.0. The van der Waals surface area contributed by atoms with Crippen LogP contribution < -0.4 is 15.5 Å². The Morgan fingerprint density at radius 1 is 1.08 bits per heavy atom. The van der Waals surface area contributed by atoms with Gasteiger partial charge in [-0.1, -0.05) is 26.0 Å². The number of hydrogen-bond acceptors (Lipinski definition) is 5. The van der Waals surface area contributed by atoms with E-state index in [0.29, 0.717) is 29.3 Å². The SMILES string of the molecule is CCCN(CCC)CCCC1CCN(CCNC(=O)N2c3ccccc3C(=O)Nc3cccnc32)CC1. The number of likely N-dealkylation sites (tertiary alicyclic amines) is 1. The number of rotatable bonds is 11. The van der Waals surface area contributed by atoms with Crippen molar-refractivity contribution in [2.45, 2.75) is 52.4 Å². The minimum atomic E-state index is -0.275. The molecule has 0 spiro atoms. The minimum absolute atomic E-state index is 0.244. The molecule has 0 atom stereocenters. The number of para-hydroxylation sites is 1. The van der Waals surface area contributed by atoms with Crippen molar-refractivity contribution in [3.63, 3.8) is 0 Å². The number of anilines is 3. The third-order valence-electron chi connectivity index (χ3n) is 7.42. The lowest BCUT2D eigenvalue weighted by Gasteiger charge is -2.32. The second-order valence-corrected chi connectivity index (χ2v) is 10.2. The van der Waals surface area contributed by atoms with E-state index in [4.69, 9.17) is 0 Å². The smallest absolute Gasteiger partial charge is 0.327 e. The predicted octanol–water partition coefficient (Wildman–Crippen LogP) is 5.11. The summed E-state index contributed by atoms with van der Waals surface area (Å²) in [5.41, 5.74) is 1.51. The number of amides is 3. The summed E-state index contributed by atoms with van der Waals surface area (Å²) in [4.78, 5) is 37.1. The lowest BCUT2D eigenvalue weighted by molar-refractivity contribution is 0.102. The molecular weight excluding hydrogens is 464 g/mol. The molecule has 1 aromatic carbocycles. The van der Waals surface area contributed by atoms with E-state index < -0.39 is 0 Å². The molecule has 4 rings (SSSR count). The Labute approximate surface area is 221 Å². The van der Waals surface area contributed by atoms with Crippen LogP contribution >= 0.6 is 0 Å². The van der Waals surface area contributed by atoms with E-state index in [9.17, 15) is 9.59 Å². The van der Waals surface area contributed by atoms with Gasteiger partial charge in [-0.3, -0.25) is 4.79 Å². The van der Waals surface area contributed by atoms with Crippen LogP contribution in [-0.4, -0.2) is 72.5 Å². The Morgan fingerprint density at radius 3 is 2.59 bits per heavy atom. The van der Waals surface area contributed by atoms with Crippen LogP contribution in [0.3, 0.4) is 0 Å². The maximum Gasteiger partial charge on any atom is 0.327 e. The number of benzene rings is 1. The summed E-state index contributed by atoms with van der Waals surface area (Å²) in [5, 5.41) is 5.94. The average Bonchev–Trinajstić information content (AvgIpc) is 3.03. The van der Waals surface area contributed by atoms with Gasteiger partial charge in [-0.05, 0) is 101 Å². The Balaban J connectivity index is 1.25. The quantitative estimate of drug-likeness (QED) is 0.443. The van der Waals surface area contributed by atoms with Crippen LogP contribution in [0.25, 0.3) is 0 Å². The highest BCUT2D eigenvalue weighted by Gasteiger charge is 2.30. The Bertz CT molecular complexity index is 1030. The first-order valence-corrected chi connectivity index (χ1v) is 14.0. The Morgan fingerprint density at radius 2 is 1.84 bits per heavy atom. The molecular formula is C29H42N6O2.